The summed E-state index contributed by atoms with van der Waals surface area (Å²) >= 11 is 0. The second-order valence-corrected chi connectivity index (χ2v) is 6.82. The molecule has 26 heavy (non-hydrogen) atoms. The molecule has 0 bridgehead atoms. The molecule has 0 atom stereocenters. The van der Waals surface area contributed by atoms with Gasteiger partial charge in [0.05, 0.1) is 29.3 Å². The Labute approximate surface area is 155 Å². The van der Waals surface area contributed by atoms with Crippen molar-refractivity contribution in [2.75, 3.05) is 6.54 Å². The smallest absolute Gasteiger partial charge is 0.106 e. The van der Waals surface area contributed by atoms with Gasteiger partial charge in [-0.3, -0.25) is 4.99 Å². The highest BCUT2D eigenvalue weighted by atomic mass is 15.2. The summed E-state index contributed by atoms with van der Waals surface area (Å²) < 4.78 is 2.12. The van der Waals surface area contributed by atoms with E-state index < -0.39 is 0 Å². The van der Waals surface area contributed by atoms with E-state index in [1.54, 1.807) is 6.20 Å². The molecule has 0 radical (unpaired) electrons. The molecule has 0 unspecified atom stereocenters. The first-order valence-corrected chi connectivity index (χ1v) is 9.00. The van der Waals surface area contributed by atoms with E-state index in [4.69, 9.17) is 10.7 Å². The minimum absolute atomic E-state index is 0.696. The molecule has 0 aliphatic carbocycles. The van der Waals surface area contributed by atoms with E-state index in [-0.39, 0.29) is 0 Å². The molecule has 1 aliphatic rings. The summed E-state index contributed by atoms with van der Waals surface area (Å²) in [6.45, 7) is 12.0. The van der Waals surface area contributed by atoms with Crippen molar-refractivity contribution < 1.29 is 0 Å². The zero-order chi connectivity index (χ0) is 18.7. The maximum Gasteiger partial charge on any atom is 0.106 e. The molecule has 0 spiro atoms. The van der Waals surface area contributed by atoms with E-state index in [9.17, 15) is 0 Å². The van der Waals surface area contributed by atoms with E-state index in [2.05, 4.69) is 46.3 Å². The number of allylic oxidation sites excluding steroid dienone is 2. The van der Waals surface area contributed by atoms with Crippen LogP contribution in [0.5, 0.6) is 0 Å². The third kappa shape index (κ3) is 3.87. The first-order valence-electron chi connectivity index (χ1n) is 9.00. The number of likely N-dealkylation sites (tertiary alicyclic amines) is 1. The van der Waals surface area contributed by atoms with Crippen LogP contribution in [0.25, 0.3) is 0 Å². The van der Waals surface area contributed by atoms with Crippen LogP contribution in [-0.2, 0) is 6.54 Å². The van der Waals surface area contributed by atoms with Gasteiger partial charge in [-0.2, -0.15) is 0 Å². The molecule has 1 aromatic heterocycles. The molecule has 2 N–H and O–H groups in total. The molecule has 1 saturated heterocycles. The summed E-state index contributed by atoms with van der Waals surface area (Å²) in [5.74, 6) is 0.993. The molecule has 5 nitrogen and oxygen atoms in total. The monoisotopic (exact) mass is 349 g/mol. The SMILES string of the molecule is C=C(Cn1cc(C)nc1C)N1CCCC(=Nc2ccc(C)cc2)C1=CN. The van der Waals surface area contributed by atoms with Gasteiger partial charge in [0.25, 0.3) is 0 Å². The maximum atomic E-state index is 5.98. The lowest BCUT2D eigenvalue weighted by Crippen LogP contribution is -2.34. The number of piperidine rings is 1. The predicted octanol–water partition coefficient (Wildman–Crippen LogP) is 3.99. The van der Waals surface area contributed by atoms with Crippen LogP contribution in [0.3, 0.4) is 0 Å². The molecule has 136 valence electrons. The Hall–Kier alpha value is -2.82. The largest absolute Gasteiger partial charge is 0.403 e. The highest BCUT2D eigenvalue weighted by Crippen LogP contribution is 2.26. The Morgan fingerprint density at radius 3 is 2.62 bits per heavy atom. The van der Waals surface area contributed by atoms with Crippen LogP contribution in [0.15, 0.2) is 59.6 Å². The molecular weight excluding hydrogens is 322 g/mol. The number of benzene rings is 1. The first-order chi connectivity index (χ1) is 12.5. The minimum atomic E-state index is 0.696. The number of aliphatic imine (C=N–C) groups is 1. The van der Waals surface area contributed by atoms with Crippen molar-refractivity contribution in [2.45, 2.75) is 40.2 Å². The van der Waals surface area contributed by atoms with Crippen LogP contribution in [0, 0.1) is 20.8 Å². The average Bonchev–Trinajstić information content (AvgIpc) is 2.93. The van der Waals surface area contributed by atoms with Gasteiger partial charge in [-0.1, -0.05) is 24.3 Å². The number of hydrogen-bond donors (Lipinski definition) is 1. The second-order valence-electron chi connectivity index (χ2n) is 6.82. The molecule has 1 fully saturated rings. The van der Waals surface area contributed by atoms with Crippen LogP contribution in [-0.4, -0.2) is 26.7 Å². The van der Waals surface area contributed by atoms with E-state index in [1.807, 2.05) is 26.0 Å². The van der Waals surface area contributed by atoms with Crippen LogP contribution >= 0.6 is 0 Å². The number of imidazole rings is 1. The standard InChI is InChI=1S/C21H27N5/c1-15-7-9-19(10-8-15)24-20-6-5-11-26(21(20)12-22)17(3)14-25-13-16(2)23-18(25)4/h7-10,12-13H,3,5-6,11,14,22H2,1-2,4H3. The molecule has 5 heteroatoms. The number of hydrogen-bond acceptors (Lipinski definition) is 4. The molecular formula is C21H27N5. The van der Waals surface area contributed by atoms with E-state index in [0.29, 0.717) is 6.54 Å². The van der Waals surface area contributed by atoms with Crippen LogP contribution in [0.2, 0.25) is 0 Å². The summed E-state index contributed by atoms with van der Waals surface area (Å²) in [7, 11) is 0. The number of aromatic nitrogens is 2. The zero-order valence-electron chi connectivity index (χ0n) is 15.9. The lowest BCUT2D eigenvalue weighted by atomic mass is 10.0. The molecule has 0 saturated carbocycles. The minimum Gasteiger partial charge on any atom is -0.403 e. The Morgan fingerprint density at radius 1 is 1.27 bits per heavy atom. The fourth-order valence-corrected chi connectivity index (χ4v) is 3.32. The molecule has 1 aliphatic heterocycles. The predicted molar refractivity (Wildman–Crippen MR) is 107 cm³/mol. The fourth-order valence-electron chi connectivity index (χ4n) is 3.32. The zero-order valence-corrected chi connectivity index (χ0v) is 15.9. The van der Waals surface area contributed by atoms with Crippen molar-refractivity contribution in [1.29, 1.82) is 0 Å². The summed E-state index contributed by atoms with van der Waals surface area (Å²) in [6.07, 6.45) is 5.66. The summed E-state index contributed by atoms with van der Waals surface area (Å²) in [4.78, 5) is 11.5. The van der Waals surface area contributed by atoms with Crippen molar-refractivity contribution in [3.63, 3.8) is 0 Å². The number of aryl methyl sites for hydroxylation is 3. The van der Waals surface area contributed by atoms with Gasteiger partial charge in [0.1, 0.15) is 5.82 Å². The summed E-state index contributed by atoms with van der Waals surface area (Å²) in [6, 6.07) is 8.24. The molecule has 2 aromatic rings. The van der Waals surface area contributed by atoms with Gasteiger partial charge in [0.15, 0.2) is 0 Å². The molecule has 0 amide bonds. The van der Waals surface area contributed by atoms with Gasteiger partial charge in [-0.05, 0) is 45.7 Å². The molecule has 1 aromatic carbocycles. The van der Waals surface area contributed by atoms with Gasteiger partial charge in [0, 0.05) is 24.6 Å². The van der Waals surface area contributed by atoms with Crippen LogP contribution in [0.4, 0.5) is 5.69 Å². The maximum absolute atomic E-state index is 5.98. The Morgan fingerprint density at radius 2 is 2.00 bits per heavy atom. The van der Waals surface area contributed by atoms with Crippen LogP contribution in [0.1, 0.15) is 29.9 Å². The van der Waals surface area contributed by atoms with Gasteiger partial charge in [-0.25, -0.2) is 4.98 Å². The Balaban J connectivity index is 1.82. The molecule has 3 rings (SSSR count). The molecule has 2 heterocycles. The van der Waals surface area contributed by atoms with Gasteiger partial charge >= 0.3 is 0 Å². The van der Waals surface area contributed by atoms with Crippen molar-refractivity contribution in [1.82, 2.24) is 14.5 Å². The fraction of sp³-hybridized carbons (Fsp3) is 0.333. The lowest BCUT2D eigenvalue weighted by molar-refractivity contribution is 0.394. The van der Waals surface area contributed by atoms with Crippen molar-refractivity contribution in [3.8, 4) is 0 Å². The quantitative estimate of drug-likeness (QED) is 0.908. The number of nitrogens with two attached hydrogens (primary N) is 1. The van der Waals surface area contributed by atoms with E-state index >= 15 is 0 Å². The van der Waals surface area contributed by atoms with Gasteiger partial charge in [0.2, 0.25) is 0 Å². The topological polar surface area (TPSA) is 59.4 Å². The highest BCUT2D eigenvalue weighted by Gasteiger charge is 2.23. The van der Waals surface area contributed by atoms with E-state index in [1.165, 1.54) is 5.56 Å². The summed E-state index contributed by atoms with van der Waals surface area (Å²) in [5, 5.41) is 0. The normalized spacial score (nSPS) is 17.9. The van der Waals surface area contributed by atoms with Crippen molar-refractivity contribution in [2.24, 2.45) is 10.7 Å². The Kier molecular flexibility index (Phi) is 5.26. The lowest BCUT2D eigenvalue weighted by Gasteiger charge is -2.34. The number of rotatable bonds is 4. The third-order valence-electron chi connectivity index (χ3n) is 4.67. The van der Waals surface area contributed by atoms with Gasteiger partial charge in [-0.15, -0.1) is 0 Å². The van der Waals surface area contributed by atoms with Crippen molar-refractivity contribution >= 4 is 11.4 Å². The van der Waals surface area contributed by atoms with Gasteiger partial charge < -0.3 is 15.2 Å². The summed E-state index contributed by atoms with van der Waals surface area (Å²) in [5.41, 5.74) is 12.2. The second kappa shape index (κ2) is 7.60. The van der Waals surface area contributed by atoms with E-state index in [0.717, 1.165) is 53.7 Å². The first kappa shape index (κ1) is 18.0. The highest BCUT2D eigenvalue weighted by molar-refractivity contribution is 6.01. The van der Waals surface area contributed by atoms with Crippen LogP contribution < -0.4 is 5.73 Å². The number of nitrogens with zero attached hydrogens (tertiary/aromatic N) is 4. The third-order valence-corrected chi connectivity index (χ3v) is 4.67. The van der Waals surface area contributed by atoms with Crippen molar-refractivity contribution in [3.05, 3.63) is 71.7 Å². The average molecular weight is 349 g/mol. The Bertz CT molecular complexity index is 855.